The molecule has 1 amide bonds. The van der Waals surface area contributed by atoms with E-state index in [0.29, 0.717) is 12.6 Å². The summed E-state index contributed by atoms with van der Waals surface area (Å²) in [5.74, 6) is 0.0839. The van der Waals surface area contributed by atoms with E-state index in [1.165, 1.54) is 36.9 Å². The van der Waals surface area contributed by atoms with Crippen molar-refractivity contribution in [1.82, 2.24) is 10.2 Å². The van der Waals surface area contributed by atoms with Gasteiger partial charge in [0.25, 0.3) is 0 Å². The molecule has 24 heavy (non-hydrogen) atoms. The predicted octanol–water partition coefficient (Wildman–Crippen LogP) is 3.08. The van der Waals surface area contributed by atoms with Crippen molar-refractivity contribution >= 4 is 18.3 Å². The number of nitrogens with one attached hydrogen (secondary N) is 1. The van der Waals surface area contributed by atoms with Gasteiger partial charge in [0.1, 0.15) is 0 Å². The third-order valence-electron chi connectivity index (χ3n) is 4.91. The topological polar surface area (TPSA) is 58.4 Å². The van der Waals surface area contributed by atoms with Crippen LogP contribution in [0, 0.1) is 5.92 Å². The number of amides is 1. The van der Waals surface area contributed by atoms with Gasteiger partial charge in [0, 0.05) is 19.1 Å². The highest BCUT2D eigenvalue weighted by atomic mass is 35.5. The number of halogens is 1. The Labute approximate surface area is 152 Å². The van der Waals surface area contributed by atoms with Crippen molar-refractivity contribution in [1.29, 1.82) is 0 Å². The number of piperidine rings is 1. The molecule has 2 atom stereocenters. The van der Waals surface area contributed by atoms with Crippen LogP contribution in [0.4, 0.5) is 0 Å². The second kappa shape index (κ2) is 10.0. The molecule has 1 heterocycles. The van der Waals surface area contributed by atoms with E-state index in [1.54, 1.807) is 0 Å². The normalized spacial score (nSPS) is 19.6. The standard InChI is InChI=1S/C19H31N3O.ClH/c1-14(2)18(20)19(23)21-12-16-9-4-5-10-17(16)13-22-11-7-6-8-15(22)3;/h4-5,9-10,14-15,18H,6-8,11-13,20H2,1-3H3,(H,21,23);1H/t15?,18-;/m0./s1. The molecule has 0 spiro atoms. The summed E-state index contributed by atoms with van der Waals surface area (Å²) in [6, 6.07) is 8.59. The Morgan fingerprint density at radius 3 is 2.58 bits per heavy atom. The summed E-state index contributed by atoms with van der Waals surface area (Å²) >= 11 is 0. The van der Waals surface area contributed by atoms with Gasteiger partial charge in [-0.2, -0.15) is 0 Å². The van der Waals surface area contributed by atoms with Crippen molar-refractivity contribution in [2.24, 2.45) is 11.7 Å². The molecule has 1 aliphatic heterocycles. The molecule has 0 saturated carbocycles. The fourth-order valence-corrected chi connectivity index (χ4v) is 3.10. The monoisotopic (exact) mass is 353 g/mol. The number of rotatable bonds is 6. The van der Waals surface area contributed by atoms with Crippen LogP contribution in [0.2, 0.25) is 0 Å². The first kappa shape index (κ1) is 20.9. The quantitative estimate of drug-likeness (QED) is 0.826. The number of likely N-dealkylation sites (tertiary alicyclic amines) is 1. The van der Waals surface area contributed by atoms with Gasteiger partial charge in [-0.25, -0.2) is 0 Å². The maximum absolute atomic E-state index is 12.1. The first-order valence-electron chi connectivity index (χ1n) is 8.83. The van der Waals surface area contributed by atoms with Crippen LogP contribution in [0.5, 0.6) is 0 Å². The third-order valence-corrected chi connectivity index (χ3v) is 4.91. The van der Waals surface area contributed by atoms with E-state index in [4.69, 9.17) is 5.73 Å². The van der Waals surface area contributed by atoms with Crippen LogP contribution in [0.3, 0.4) is 0 Å². The van der Waals surface area contributed by atoms with Crippen molar-refractivity contribution in [3.8, 4) is 0 Å². The number of nitrogens with zero attached hydrogens (tertiary/aromatic N) is 1. The number of nitrogens with two attached hydrogens (primary N) is 1. The summed E-state index contributed by atoms with van der Waals surface area (Å²) in [4.78, 5) is 14.6. The van der Waals surface area contributed by atoms with Crippen LogP contribution in [-0.2, 0) is 17.9 Å². The average Bonchev–Trinajstić information content (AvgIpc) is 2.55. The maximum Gasteiger partial charge on any atom is 0.237 e. The van der Waals surface area contributed by atoms with E-state index in [9.17, 15) is 4.79 Å². The second-order valence-corrected chi connectivity index (χ2v) is 7.07. The Bertz CT molecular complexity index is 521. The van der Waals surface area contributed by atoms with Crippen molar-refractivity contribution < 1.29 is 4.79 Å². The van der Waals surface area contributed by atoms with Crippen molar-refractivity contribution in [3.05, 3.63) is 35.4 Å². The summed E-state index contributed by atoms with van der Waals surface area (Å²) in [6.07, 6.45) is 3.90. The first-order chi connectivity index (χ1) is 11.0. The van der Waals surface area contributed by atoms with Gasteiger partial charge in [-0.1, -0.05) is 44.5 Å². The smallest absolute Gasteiger partial charge is 0.237 e. The predicted molar refractivity (Wildman–Crippen MR) is 102 cm³/mol. The van der Waals surface area contributed by atoms with Gasteiger partial charge in [0.15, 0.2) is 0 Å². The molecule has 2 rings (SSSR count). The summed E-state index contributed by atoms with van der Waals surface area (Å²) in [5.41, 5.74) is 8.40. The van der Waals surface area contributed by atoms with Gasteiger partial charge in [-0.05, 0) is 43.4 Å². The molecule has 1 unspecified atom stereocenters. The molecule has 1 saturated heterocycles. The van der Waals surface area contributed by atoms with Gasteiger partial charge in [0.05, 0.1) is 6.04 Å². The van der Waals surface area contributed by atoms with Crippen LogP contribution >= 0.6 is 12.4 Å². The fourth-order valence-electron chi connectivity index (χ4n) is 3.10. The fraction of sp³-hybridized carbons (Fsp3) is 0.632. The molecule has 136 valence electrons. The van der Waals surface area contributed by atoms with Crippen molar-refractivity contribution in [2.45, 2.75) is 65.2 Å². The lowest BCUT2D eigenvalue weighted by Gasteiger charge is -2.33. The summed E-state index contributed by atoms with van der Waals surface area (Å²) in [5, 5.41) is 2.99. The molecular formula is C19H32ClN3O. The van der Waals surface area contributed by atoms with Crippen LogP contribution in [0.25, 0.3) is 0 Å². The van der Waals surface area contributed by atoms with Crippen LogP contribution in [0.15, 0.2) is 24.3 Å². The lowest BCUT2D eigenvalue weighted by molar-refractivity contribution is -0.123. The Morgan fingerprint density at radius 1 is 1.29 bits per heavy atom. The molecule has 1 fully saturated rings. The number of hydrogen-bond donors (Lipinski definition) is 2. The highest BCUT2D eigenvalue weighted by Crippen LogP contribution is 2.20. The van der Waals surface area contributed by atoms with Gasteiger partial charge in [0.2, 0.25) is 5.91 Å². The maximum atomic E-state index is 12.1. The SMILES string of the molecule is CC(C)[C@H](N)C(=O)NCc1ccccc1CN1CCCCC1C.Cl. The molecule has 1 aliphatic rings. The van der Waals surface area contributed by atoms with Gasteiger partial charge < -0.3 is 11.1 Å². The largest absolute Gasteiger partial charge is 0.351 e. The molecule has 0 aliphatic carbocycles. The molecular weight excluding hydrogens is 322 g/mol. The summed E-state index contributed by atoms with van der Waals surface area (Å²) in [7, 11) is 0. The Morgan fingerprint density at radius 2 is 1.96 bits per heavy atom. The Hall–Kier alpha value is -1.10. The van der Waals surface area contributed by atoms with Crippen molar-refractivity contribution in [3.63, 3.8) is 0 Å². The summed E-state index contributed by atoms with van der Waals surface area (Å²) < 4.78 is 0. The molecule has 4 nitrogen and oxygen atoms in total. The minimum Gasteiger partial charge on any atom is -0.351 e. The van der Waals surface area contributed by atoms with Gasteiger partial charge in [-0.15, -0.1) is 12.4 Å². The second-order valence-electron chi connectivity index (χ2n) is 7.07. The molecule has 0 bridgehead atoms. The number of benzene rings is 1. The van der Waals surface area contributed by atoms with Gasteiger partial charge >= 0.3 is 0 Å². The highest BCUT2D eigenvalue weighted by molar-refractivity contribution is 5.85. The summed E-state index contributed by atoms with van der Waals surface area (Å²) in [6.45, 7) is 8.93. The zero-order valence-electron chi connectivity index (χ0n) is 15.1. The number of carbonyl (C=O) groups excluding carboxylic acids is 1. The van der Waals surface area contributed by atoms with E-state index < -0.39 is 6.04 Å². The van der Waals surface area contributed by atoms with E-state index in [-0.39, 0.29) is 24.2 Å². The average molecular weight is 354 g/mol. The minimum atomic E-state index is -0.440. The number of carbonyl (C=O) groups is 1. The van der Waals surface area contributed by atoms with Crippen molar-refractivity contribution in [2.75, 3.05) is 6.54 Å². The Balaban J connectivity index is 0.00000288. The molecule has 3 N–H and O–H groups in total. The lowest BCUT2D eigenvalue weighted by atomic mass is 10.0. The highest BCUT2D eigenvalue weighted by Gasteiger charge is 2.20. The van der Waals surface area contributed by atoms with Crippen LogP contribution in [-0.4, -0.2) is 29.4 Å². The lowest BCUT2D eigenvalue weighted by Crippen LogP contribution is -2.43. The zero-order valence-corrected chi connectivity index (χ0v) is 15.9. The molecule has 1 aromatic rings. The van der Waals surface area contributed by atoms with E-state index in [2.05, 4.69) is 35.3 Å². The van der Waals surface area contributed by atoms with E-state index in [0.717, 1.165) is 6.54 Å². The van der Waals surface area contributed by atoms with E-state index >= 15 is 0 Å². The number of hydrogen-bond acceptors (Lipinski definition) is 3. The van der Waals surface area contributed by atoms with E-state index in [1.807, 2.05) is 19.9 Å². The molecule has 5 heteroatoms. The third kappa shape index (κ3) is 5.76. The molecule has 0 aromatic heterocycles. The van der Waals surface area contributed by atoms with Gasteiger partial charge in [-0.3, -0.25) is 9.69 Å². The van der Waals surface area contributed by atoms with Crippen LogP contribution < -0.4 is 11.1 Å². The molecule has 1 aromatic carbocycles. The Kier molecular flexibility index (Phi) is 8.74. The molecule has 0 radical (unpaired) electrons. The zero-order chi connectivity index (χ0) is 16.8. The minimum absolute atomic E-state index is 0. The van der Waals surface area contributed by atoms with Crippen LogP contribution in [0.1, 0.15) is 51.2 Å². The first-order valence-corrected chi connectivity index (χ1v) is 8.83.